The van der Waals surface area contributed by atoms with Gasteiger partial charge in [-0.05, 0) is 64.3 Å². The Morgan fingerprint density at radius 3 is 1.00 bits per heavy atom. The van der Waals surface area contributed by atoms with E-state index in [-0.39, 0.29) is 11.1 Å². The smallest absolute Gasteiger partial charge is 0.0163 e. The first-order valence-electron chi connectivity index (χ1n) is 13.9. The number of hydrogen-bond acceptors (Lipinski definition) is 1. The summed E-state index contributed by atoms with van der Waals surface area (Å²) in [5.41, 5.74) is 1.17. The van der Waals surface area contributed by atoms with Gasteiger partial charge in [0, 0.05) is 11.1 Å². The maximum Gasteiger partial charge on any atom is 0.0163 e. The second-order valence-corrected chi connectivity index (χ2v) is 14.1. The van der Waals surface area contributed by atoms with Crippen LogP contribution in [-0.2, 0) is 0 Å². The predicted octanol–water partition coefficient (Wildman–Crippen LogP) is 10.4. The molecule has 0 bridgehead atoms. The van der Waals surface area contributed by atoms with E-state index in [1.54, 1.807) is 0 Å². The van der Waals surface area contributed by atoms with Crippen molar-refractivity contribution in [1.82, 2.24) is 4.90 Å². The molecule has 1 heteroatoms. The molecule has 0 atom stereocenters. The molecule has 0 unspecified atom stereocenters. The first-order chi connectivity index (χ1) is 14.1. The molecule has 188 valence electrons. The third kappa shape index (κ3) is 16.3. The minimum atomic E-state index is 0.227. The molecule has 1 nitrogen and oxygen atoms in total. The third-order valence-electron chi connectivity index (χ3n) is 6.62. The second-order valence-electron chi connectivity index (χ2n) is 14.1. The van der Waals surface area contributed by atoms with Gasteiger partial charge in [0.05, 0.1) is 0 Å². The zero-order valence-electron chi connectivity index (χ0n) is 24.1. The predicted molar refractivity (Wildman–Crippen MR) is 144 cm³/mol. The van der Waals surface area contributed by atoms with Crippen LogP contribution in [0.15, 0.2) is 0 Å². The SMILES string of the molecule is CCCCCCCCCCCCCCN(C(C)(C)CC(C)(C)C)C(C)(C)CC(C)(C)C. The molecule has 0 rings (SSSR count). The summed E-state index contributed by atoms with van der Waals surface area (Å²) in [5, 5.41) is 0. The monoisotopic (exact) mass is 437 g/mol. The van der Waals surface area contributed by atoms with Gasteiger partial charge in [-0.3, -0.25) is 4.90 Å². The molecule has 31 heavy (non-hydrogen) atoms. The first-order valence-corrected chi connectivity index (χ1v) is 13.9. The number of hydrogen-bond donors (Lipinski definition) is 0. The van der Waals surface area contributed by atoms with Gasteiger partial charge >= 0.3 is 0 Å². The van der Waals surface area contributed by atoms with E-state index in [0.29, 0.717) is 10.8 Å². The summed E-state index contributed by atoms with van der Waals surface area (Å²) in [6, 6.07) is 0. The summed E-state index contributed by atoms with van der Waals surface area (Å²) in [7, 11) is 0. The van der Waals surface area contributed by atoms with Gasteiger partial charge in [-0.1, -0.05) is 119 Å². The summed E-state index contributed by atoms with van der Waals surface area (Å²) >= 11 is 0. The lowest BCUT2D eigenvalue weighted by Crippen LogP contribution is -2.58. The molecule has 0 aliphatic heterocycles. The molecule has 0 amide bonds. The van der Waals surface area contributed by atoms with E-state index in [1.165, 1.54) is 96.4 Å². The highest BCUT2D eigenvalue weighted by molar-refractivity contribution is 4.96. The zero-order chi connectivity index (χ0) is 24.2. The molecular weight excluding hydrogens is 374 g/mol. The Morgan fingerprint density at radius 1 is 0.419 bits per heavy atom. The lowest BCUT2D eigenvalue weighted by Gasteiger charge is -2.52. The molecule has 0 saturated carbocycles. The van der Waals surface area contributed by atoms with Gasteiger partial charge in [-0.25, -0.2) is 0 Å². The van der Waals surface area contributed by atoms with Crippen LogP contribution in [0.1, 0.15) is 166 Å². The van der Waals surface area contributed by atoms with Crippen molar-refractivity contribution in [2.24, 2.45) is 10.8 Å². The largest absolute Gasteiger partial charge is 0.293 e. The standard InChI is InChI=1S/C30H63N/c1-12-13-14-15-16-17-18-19-20-21-22-23-24-31(29(8,9)25-27(2,3)4)30(10,11)26-28(5,6)7/h12-26H2,1-11H3. The molecule has 0 aromatic heterocycles. The van der Waals surface area contributed by atoms with Gasteiger partial charge in [0.1, 0.15) is 0 Å². The average Bonchev–Trinajstić information content (AvgIpc) is 2.54. The minimum absolute atomic E-state index is 0.227. The van der Waals surface area contributed by atoms with Crippen molar-refractivity contribution in [3.63, 3.8) is 0 Å². The molecule has 0 radical (unpaired) electrons. The lowest BCUT2D eigenvalue weighted by molar-refractivity contribution is -0.0266. The van der Waals surface area contributed by atoms with Crippen molar-refractivity contribution >= 4 is 0 Å². The van der Waals surface area contributed by atoms with Crippen LogP contribution in [0.25, 0.3) is 0 Å². The Bertz CT molecular complexity index is 404. The Kier molecular flexibility index (Phi) is 14.3. The van der Waals surface area contributed by atoms with Gasteiger partial charge in [-0.2, -0.15) is 0 Å². The summed E-state index contributed by atoms with van der Waals surface area (Å²) in [5.74, 6) is 0. The van der Waals surface area contributed by atoms with Gasteiger partial charge in [0.15, 0.2) is 0 Å². The summed E-state index contributed by atoms with van der Waals surface area (Å²) in [4.78, 5) is 2.87. The van der Waals surface area contributed by atoms with Crippen LogP contribution >= 0.6 is 0 Å². The zero-order valence-corrected chi connectivity index (χ0v) is 24.1. The van der Waals surface area contributed by atoms with E-state index < -0.39 is 0 Å². The molecule has 0 aromatic carbocycles. The minimum Gasteiger partial charge on any atom is -0.293 e. The molecule has 0 heterocycles. The van der Waals surface area contributed by atoms with Crippen LogP contribution in [0.5, 0.6) is 0 Å². The number of rotatable bonds is 17. The fourth-order valence-electron chi connectivity index (χ4n) is 6.32. The molecule has 0 fully saturated rings. The van der Waals surface area contributed by atoms with Crippen molar-refractivity contribution in [3.8, 4) is 0 Å². The molecule has 0 N–H and O–H groups in total. The van der Waals surface area contributed by atoms with Crippen molar-refractivity contribution < 1.29 is 0 Å². The highest BCUT2D eigenvalue weighted by atomic mass is 15.2. The number of unbranched alkanes of at least 4 members (excludes halogenated alkanes) is 11. The van der Waals surface area contributed by atoms with E-state index >= 15 is 0 Å². The highest BCUT2D eigenvalue weighted by Gasteiger charge is 2.41. The van der Waals surface area contributed by atoms with Crippen LogP contribution in [0.2, 0.25) is 0 Å². The van der Waals surface area contributed by atoms with E-state index in [2.05, 4.69) is 81.1 Å². The van der Waals surface area contributed by atoms with Crippen LogP contribution in [0.3, 0.4) is 0 Å². The van der Waals surface area contributed by atoms with Crippen molar-refractivity contribution in [1.29, 1.82) is 0 Å². The third-order valence-corrected chi connectivity index (χ3v) is 6.62. The van der Waals surface area contributed by atoms with E-state index in [4.69, 9.17) is 0 Å². The quantitative estimate of drug-likeness (QED) is 0.204. The van der Waals surface area contributed by atoms with Crippen LogP contribution < -0.4 is 0 Å². The molecule has 0 spiro atoms. The second kappa shape index (κ2) is 14.3. The molecule has 0 aliphatic rings. The summed E-state index contributed by atoms with van der Waals surface area (Å²) in [6.07, 6.45) is 19.6. The lowest BCUT2D eigenvalue weighted by atomic mass is 9.75. The molecule has 0 aromatic rings. The van der Waals surface area contributed by atoms with E-state index in [1.807, 2.05) is 0 Å². The van der Waals surface area contributed by atoms with E-state index in [0.717, 1.165) is 0 Å². The Labute approximate surface area is 199 Å². The maximum absolute atomic E-state index is 2.87. The molecular formula is C30H63N. The summed E-state index contributed by atoms with van der Waals surface area (Å²) in [6.45, 7) is 27.9. The topological polar surface area (TPSA) is 3.24 Å². The number of nitrogens with zero attached hydrogens (tertiary/aromatic N) is 1. The van der Waals surface area contributed by atoms with Gasteiger partial charge < -0.3 is 0 Å². The van der Waals surface area contributed by atoms with Crippen molar-refractivity contribution in [2.75, 3.05) is 6.54 Å². The molecule has 0 saturated heterocycles. The van der Waals surface area contributed by atoms with Crippen LogP contribution in [0.4, 0.5) is 0 Å². The first kappa shape index (κ1) is 31.0. The molecule has 0 aliphatic carbocycles. The maximum atomic E-state index is 2.87. The normalized spacial score (nSPS) is 13.9. The van der Waals surface area contributed by atoms with Gasteiger partial charge in [0.2, 0.25) is 0 Å². The fraction of sp³-hybridized carbons (Fsp3) is 1.00. The van der Waals surface area contributed by atoms with Gasteiger partial charge in [-0.15, -0.1) is 0 Å². The fourth-order valence-corrected chi connectivity index (χ4v) is 6.32. The van der Waals surface area contributed by atoms with E-state index in [9.17, 15) is 0 Å². The highest BCUT2D eigenvalue weighted by Crippen LogP contribution is 2.40. The van der Waals surface area contributed by atoms with Gasteiger partial charge in [0.25, 0.3) is 0 Å². The average molecular weight is 438 g/mol. The van der Waals surface area contributed by atoms with Crippen LogP contribution in [0, 0.1) is 10.8 Å². The van der Waals surface area contributed by atoms with Crippen molar-refractivity contribution in [3.05, 3.63) is 0 Å². The van der Waals surface area contributed by atoms with Crippen molar-refractivity contribution in [2.45, 2.75) is 177 Å². The Hall–Kier alpha value is -0.0400. The van der Waals surface area contributed by atoms with Crippen LogP contribution in [-0.4, -0.2) is 22.5 Å². The Balaban J connectivity index is 4.51. The summed E-state index contributed by atoms with van der Waals surface area (Å²) < 4.78 is 0. The Morgan fingerprint density at radius 2 is 0.710 bits per heavy atom.